The Labute approximate surface area is 175 Å². The van der Waals surface area contributed by atoms with E-state index in [0.29, 0.717) is 13.2 Å². The molecule has 2 saturated heterocycles. The van der Waals surface area contributed by atoms with Gasteiger partial charge in [-0.1, -0.05) is 29.8 Å². The summed E-state index contributed by atoms with van der Waals surface area (Å²) in [6.45, 7) is 6.60. The molecule has 1 aromatic carbocycles. The largest absolute Gasteiger partial charge is 0.384 e. The number of carbonyl (C=O) groups excluding carboxylic acids is 1. The molecule has 1 N–H and O–H groups in total. The maximum absolute atomic E-state index is 13.6. The van der Waals surface area contributed by atoms with Crippen LogP contribution in [0.2, 0.25) is 0 Å². The fourth-order valence-electron chi connectivity index (χ4n) is 4.27. The first-order valence-corrected chi connectivity index (χ1v) is 10.3. The van der Waals surface area contributed by atoms with Gasteiger partial charge < -0.3 is 19.7 Å². The maximum atomic E-state index is 13.6. The minimum Gasteiger partial charge on any atom is -0.384 e. The average Bonchev–Trinajstić information content (AvgIpc) is 3.20. The number of amides is 1. The molecule has 1 aromatic rings. The number of carbonyl (C=O) groups is 1. The third-order valence-electron chi connectivity index (χ3n) is 5.96. The number of ether oxygens (including phenoxy) is 2. The first-order chi connectivity index (χ1) is 13.1. The Morgan fingerprint density at radius 2 is 2.00 bits per heavy atom. The number of halogens is 1. The molecule has 3 rings (SSSR count). The Kier molecular flexibility index (Phi) is 9.22. The van der Waals surface area contributed by atoms with E-state index in [0.717, 1.165) is 58.3 Å². The normalized spacial score (nSPS) is 21.1. The molecule has 28 heavy (non-hydrogen) atoms. The molecule has 1 unspecified atom stereocenters. The molecule has 0 aromatic heterocycles. The number of aryl methyl sites for hydroxylation is 1. The van der Waals surface area contributed by atoms with Crippen LogP contribution in [0.3, 0.4) is 0 Å². The summed E-state index contributed by atoms with van der Waals surface area (Å²) in [6.07, 6.45) is 4.87. The van der Waals surface area contributed by atoms with Crippen molar-refractivity contribution in [2.75, 3.05) is 46.5 Å². The number of nitrogens with zero attached hydrogens (tertiary/aromatic N) is 1. The molecule has 158 valence electrons. The van der Waals surface area contributed by atoms with E-state index in [1.807, 2.05) is 0 Å². The summed E-state index contributed by atoms with van der Waals surface area (Å²) in [6, 6.07) is 8.61. The van der Waals surface area contributed by atoms with Gasteiger partial charge in [-0.2, -0.15) is 0 Å². The van der Waals surface area contributed by atoms with Gasteiger partial charge in [0.25, 0.3) is 0 Å². The van der Waals surface area contributed by atoms with Crippen LogP contribution < -0.4 is 5.32 Å². The molecule has 0 aliphatic carbocycles. The van der Waals surface area contributed by atoms with Crippen molar-refractivity contribution < 1.29 is 14.3 Å². The highest BCUT2D eigenvalue weighted by molar-refractivity contribution is 5.85. The van der Waals surface area contributed by atoms with Gasteiger partial charge in [-0.15, -0.1) is 12.4 Å². The van der Waals surface area contributed by atoms with Gasteiger partial charge >= 0.3 is 0 Å². The van der Waals surface area contributed by atoms with Gasteiger partial charge in [0.1, 0.15) is 0 Å². The van der Waals surface area contributed by atoms with Gasteiger partial charge in [0.05, 0.1) is 18.1 Å². The molecule has 0 spiro atoms. The summed E-state index contributed by atoms with van der Waals surface area (Å²) in [4.78, 5) is 15.7. The van der Waals surface area contributed by atoms with Crippen molar-refractivity contribution in [2.24, 2.45) is 5.41 Å². The van der Waals surface area contributed by atoms with Crippen LogP contribution in [0.15, 0.2) is 24.3 Å². The molecular formula is C22H35ClN2O3. The molecule has 0 bridgehead atoms. The zero-order valence-electron chi connectivity index (χ0n) is 17.2. The number of piperidine rings is 1. The molecule has 0 radical (unpaired) electrons. The van der Waals surface area contributed by atoms with Crippen LogP contribution in [0.5, 0.6) is 0 Å². The summed E-state index contributed by atoms with van der Waals surface area (Å²) in [7, 11) is 1.70. The molecular weight excluding hydrogens is 376 g/mol. The molecule has 1 amide bonds. The lowest BCUT2D eigenvalue weighted by molar-refractivity contribution is -0.149. The second-order valence-electron chi connectivity index (χ2n) is 8.09. The van der Waals surface area contributed by atoms with Crippen LogP contribution in [0.4, 0.5) is 0 Å². The monoisotopic (exact) mass is 410 g/mol. The smallest absolute Gasteiger partial charge is 0.231 e. The van der Waals surface area contributed by atoms with E-state index >= 15 is 0 Å². The number of methoxy groups -OCH3 is 1. The van der Waals surface area contributed by atoms with Crippen molar-refractivity contribution >= 4 is 18.3 Å². The maximum Gasteiger partial charge on any atom is 0.231 e. The molecule has 1 atom stereocenters. The Hall–Kier alpha value is -1.14. The molecule has 2 fully saturated rings. The lowest BCUT2D eigenvalue weighted by Crippen LogP contribution is -2.53. The van der Waals surface area contributed by atoms with Crippen LogP contribution in [0.25, 0.3) is 0 Å². The second-order valence-corrected chi connectivity index (χ2v) is 8.09. The summed E-state index contributed by atoms with van der Waals surface area (Å²) in [5.74, 6) is 0.244. The first-order valence-electron chi connectivity index (χ1n) is 10.3. The third kappa shape index (κ3) is 5.93. The fourth-order valence-corrected chi connectivity index (χ4v) is 4.27. The molecule has 2 aliphatic heterocycles. The van der Waals surface area contributed by atoms with E-state index in [4.69, 9.17) is 9.47 Å². The molecule has 5 nitrogen and oxygen atoms in total. The summed E-state index contributed by atoms with van der Waals surface area (Å²) in [5, 5.41) is 3.38. The van der Waals surface area contributed by atoms with Crippen molar-refractivity contribution in [3.63, 3.8) is 0 Å². The van der Waals surface area contributed by atoms with Gasteiger partial charge in [-0.25, -0.2) is 0 Å². The predicted octanol–water partition coefficient (Wildman–Crippen LogP) is 2.98. The fraction of sp³-hybridized carbons (Fsp3) is 0.682. The predicted molar refractivity (Wildman–Crippen MR) is 114 cm³/mol. The molecule has 6 heteroatoms. The Morgan fingerprint density at radius 3 is 2.61 bits per heavy atom. The van der Waals surface area contributed by atoms with Crippen molar-refractivity contribution in [3.8, 4) is 0 Å². The Morgan fingerprint density at radius 1 is 1.29 bits per heavy atom. The van der Waals surface area contributed by atoms with Crippen molar-refractivity contribution in [3.05, 3.63) is 35.4 Å². The van der Waals surface area contributed by atoms with Crippen LogP contribution in [0.1, 0.15) is 36.8 Å². The lowest BCUT2D eigenvalue weighted by atomic mass is 9.78. The summed E-state index contributed by atoms with van der Waals surface area (Å²) < 4.78 is 11.3. The standard InChI is InChI=1S/C22H34N2O3.ClH/c1-18-5-7-19(8-6-18)9-14-24(16-20-4-3-15-27-20)21(25)22(17-26-2)10-12-23-13-11-22;/h5-8,20,23H,3-4,9-17H2,1-2H3;1H. The average molecular weight is 411 g/mol. The highest BCUT2D eigenvalue weighted by atomic mass is 35.5. The van der Waals surface area contributed by atoms with Crippen molar-refractivity contribution in [1.29, 1.82) is 0 Å². The van der Waals surface area contributed by atoms with Crippen LogP contribution in [0, 0.1) is 12.3 Å². The summed E-state index contributed by atoms with van der Waals surface area (Å²) >= 11 is 0. The molecule has 2 aliphatic rings. The zero-order chi connectivity index (χ0) is 19.1. The highest BCUT2D eigenvalue weighted by Crippen LogP contribution is 2.32. The zero-order valence-corrected chi connectivity index (χ0v) is 18.1. The molecule has 0 saturated carbocycles. The Balaban J connectivity index is 0.00000280. The number of benzene rings is 1. The number of rotatable bonds is 8. The van der Waals surface area contributed by atoms with Gasteiger partial charge in [0.15, 0.2) is 0 Å². The topological polar surface area (TPSA) is 50.8 Å². The lowest BCUT2D eigenvalue weighted by Gasteiger charge is -2.40. The van der Waals surface area contributed by atoms with Gasteiger partial charge in [-0.05, 0) is 57.7 Å². The van der Waals surface area contributed by atoms with E-state index < -0.39 is 5.41 Å². The van der Waals surface area contributed by atoms with E-state index in [1.54, 1.807) is 7.11 Å². The molecule has 2 heterocycles. The quantitative estimate of drug-likeness (QED) is 0.715. The third-order valence-corrected chi connectivity index (χ3v) is 5.96. The van der Waals surface area contributed by atoms with E-state index in [-0.39, 0.29) is 24.4 Å². The van der Waals surface area contributed by atoms with Gasteiger partial charge in [0, 0.05) is 26.8 Å². The van der Waals surface area contributed by atoms with Crippen LogP contribution in [-0.2, 0) is 20.7 Å². The first kappa shape index (κ1) is 23.1. The van der Waals surface area contributed by atoms with E-state index in [2.05, 4.69) is 41.4 Å². The summed E-state index contributed by atoms with van der Waals surface area (Å²) in [5.41, 5.74) is 2.14. The van der Waals surface area contributed by atoms with Crippen molar-refractivity contribution in [2.45, 2.75) is 45.1 Å². The van der Waals surface area contributed by atoms with Gasteiger partial charge in [0.2, 0.25) is 5.91 Å². The van der Waals surface area contributed by atoms with Crippen LogP contribution in [-0.4, -0.2) is 63.4 Å². The minimum absolute atomic E-state index is 0. The van der Waals surface area contributed by atoms with Crippen molar-refractivity contribution in [1.82, 2.24) is 10.2 Å². The number of nitrogens with one attached hydrogen (secondary N) is 1. The van der Waals surface area contributed by atoms with Crippen LogP contribution >= 0.6 is 12.4 Å². The second kappa shape index (κ2) is 11.1. The minimum atomic E-state index is -0.397. The SMILES string of the molecule is COCC1(C(=O)N(CCc2ccc(C)cc2)CC2CCCO2)CCNCC1.Cl. The van der Waals surface area contributed by atoms with Gasteiger partial charge in [-0.3, -0.25) is 4.79 Å². The van der Waals surface area contributed by atoms with E-state index in [1.165, 1.54) is 11.1 Å². The number of hydrogen-bond acceptors (Lipinski definition) is 4. The highest BCUT2D eigenvalue weighted by Gasteiger charge is 2.42. The van der Waals surface area contributed by atoms with E-state index in [9.17, 15) is 4.79 Å². The Bertz CT molecular complexity index is 591. The number of hydrogen-bond donors (Lipinski definition) is 1.